The standard InChI is InChI=1S/C27H30N4O6/c1-37-24-9-5-8-19-18(24)14-22(29-19)27(36)31-21(12-16-6-3-2-4-7-16)26(35)30-20(23(33)15-32)13-17-10-11-28-25(17)34/h2-9,14,17,20-21,29,32H,10-13,15H2,1H3,(H,28,34)(H,30,35)(H,31,36). The van der Waals surface area contributed by atoms with E-state index in [1.54, 1.807) is 25.3 Å². The minimum absolute atomic E-state index is 0.0742. The first-order chi connectivity index (χ1) is 17.9. The molecule has 4 rings (SSSR count). The van der Waals surface area contributed by atoms with Crippen molar-refractivity contribution >= 4 is 34.4 Å². The maximum Gasteiger partial charge on any atom is 0.268 e. The number of methoxy groups -OCH3 is 1. The van der Waals surface area contributed by atoms with Gasteiger partial charge in [-0.05, 0) is 36.6 Å². The number of aromatic amines is 1. The number of carbonyl (C=O) groups excluding carboxylic acids is 4. The molecule has 3 atom stereocenters. The molecular weight excluding hydrogens is 476 g/mol. The van der Waals surface area contributed by atoms with Gasteiger partial charge in [-0.15, -0.1) is 0 Å². The quantitative estimate of drug-likeness (QED) is 0.263. The van der Waals surface area contributed by atoms with Crippen molar-refractivity contribution in [3.63, 3.8) is 0 Å². The summed E-state index contributed by atoms with van der Waals surface area (Å²) in [5.41, 5.74) is 1.76. The summed E-state index contributed by atoms with van der Waals surface area (Å²) >= 11 is 0. The van der Waals surface area contributed by atoms with E-state index in [4.69, 9.17) is 4.74 Å². The van der Waals surface area contributed by atoms with Crippen molar-refractivity contribution in [1.29, 1.82) is 0 Å². The first kappa shape index (κ1) is 25.9. The predicted molar refractivity (Wildman–Crippen MR) is 136 cm³/mol. The van der Waals surface area contributed by atoms with Crippen LogP contribution in [0.5, 0.6) is 5.75 Å². The summed E-state index contributed by atoms with van der Waals surface area (Å²) in [6, 6.07) is 14.1. The molecule has 1 aliphatic rings. The number of hydrogen-bond acceptors (Lipinski definition) is 6. The Morgan fingerprint density at radius 2 is 1.86 bits per heavy atom. The third kappa shape index (κ3) is 6.15. The van der Waals surface area contributed by atoms with Gasteiger partial charge in [-0.1, -0.05) is 36.4 Å². The summed E-state index contributed by atoms with van der Waals surface area (Å²) in [7, 11) is 1.54. The van der Waals surface area contributed by atoms with Crippen molar-refractivity contribution in [2.45, 2.75) is 31.3 Å². The van der Waals surface area contributed by atoms with Crippen LogP contribution in [0.3, 0.4) is 0 Å². The molecule has 1 aromatic heterocycles. The van der Waals surface area contributed by atoms with Crippen LogP contribution in [-0.2, 0) is 20.8 Å². The van der Waals surface area contributed by atoms with Crippen LogP contribution in [0, 0.1) is 5.92 Å². The fourth-order valence-electron chi connectivity index (χ4n) is 4.53. The molecule has 5 N–H and O–H groups in total. The molecule has 3 unspecified atom stereocenters. The molecule has 2 heterocycles. The van der Waals surface area contributed by atoms with Gasteiger partial charge >= 0.3 is 0 Å². The average Bonchev–Trinajstić information content (AvgIpc) is 3.53. The van der Waals surface area contributed by atoms with Crippen molar-refractivity contribution in [2.24, 2.45) is 5.92 Å². The van der Waals surface area contributed by atoms with Crippen molar-refractivity contribution in [1.82, 2.24) is 20.9 Å². The SMILES string of the molecule is COc1cccc2[nH]c(C(=O)NC(Cc3ccccc3)C(=O)NC(CC3CCNC3=O)C(=O)CO)cc12. The van der Waals surface area contributed by atoms with E-state index < -0.39 is 42.2 Å². The Bertz CT molecular complexity index is 1290. The minimum atomic E-state index is -1.06. The van der Waals surface area contributed by atoms with E-state index in [-0.39, 0.29) is 24.4 Å². The summed E-state index contributed by atoms with van der Waals surface area (Å²) in [5.74, 6) is -1.71. The lowest BCUT2D eigenvalue weighted by Gasteiger charge is -2.24. The molecule has 10 heteroatoms. The number of rotatable bonds is 11. The van der Waals surface area contributed by atoms with Crippen LogP contribution in [0.2, 0.25) is 0 Å². The van der Waals surface area contributed by atoms with E-state index in [9.17, 15) is 24.3 Å². The number of ether oxygens (including phenoxy) is 1. The lowest BCUT2D eigenvalue weighted by molar-refractivity contribution is -0.131. The number of aromatic nitrogens is 1. The van der Waals surface area contributed by atoms with Gasteiger partial charge < -0.3 is 30.8 Å². The number of aliphatic hydroxyl groups is 1. The molecular formula is C27H30N4O6. The number of amides is 3. The van der Waals surface area contributed by atoms with E-state index in [2.05, 4.69) is 20.9 Å². The normalized spacial score (nSPS) is 16.6. The average molecular weight is 507 g/mol. The fraction of sp³-hybridized carbons (Fsp3) is 0.333. The van der Waals surface area contributed by atoms with Gasteiger partial charge in [0.2, 0.25) is 11.8 Å². The highest BCUT2D eigenvalue weighted by Gasteiger charge is 2.33. The maximum absolute atomic E-state index is 13.4. The van der Waals surface area contributed by atoms with Gasteiger partial charge in [0.25, 0.3) is 5.91 Å². The van der Waals surface area contributed by atoms with Crippen molar-refractivity contribution < 1.29 is 29.0 Å². The van der Waals surface area contributed by atoms with Crippen molar-refractivity contribution in [2.75, 3.05) is 20.3 Å². The summed E-state index contributed by atoms with van der Waals surface area (Å²) in [4.78, 5) is 54.1. The number of aliphatic hydroxyl groups excluding tert-OH is 1. The number of benzene rings is 2. The molecule has 0 bridgehead atoms. The number of Topliss-reactive ketones (excluding diaryl/α,β-unsaturated/α-hetero) is 1. The maximum atomic E-state index is 13.4. The van der Waals surface area contributed by atoms with E-state index in [0.717, 1.165) is 10.9 Å². The lowest BCUT2D eigenvalue weighted by Crippen LogP contribution is -2.53. The summed E-state index contributed by atoms with van der Waals surface area (Å²) in [5, 5.41) is 18.3. The van der Waals surface area contributed by atoms with Gasteiger partial charge in [-0.25, -0.2) is 0 Å². The molecule has 194 valence electrons. The van der Waals surface area contributed by atoms with Gasteiger partial charge in [0.15, 0.2) is 5.78 Å². The Kier molecular flexibility index (Phi) is 8.19. The predicted octanol–water partition coefficient (Wildman–Crippen LogP) is 1.09. The zero-order valence-corrected chi connectivity index (χ0v) is 20.5. The first-order valence-electron chi connectivity index (χ1n) is 12.1. The molecule has 0 aliphatic carbocycles. The molecule has 37 heavy (non-hydrogen) atoms. The highest BCUT2D eigenvalue weighted by atomic mass is 16.5. The summed E-state index contributed by atoms with van der Waals surface area (Å²) in [6.45, 7) is -0.272. The number of ketones is 1. The van der Waals surface area contributed by atoms with Crippen molar-refractivity contribution in [3.05, 3.63) is 65.9 Å². The Labute approximate surface area is 213 Å². The Morgan fingerprint density at radius 1 is 1.08 bits per heavy atom. The van der Waals surface area contributed by atoms with E-state index in [1.807, 2.05) is 36.4 Å². The van der Waals surface area contributed by atoms with Gasteiger partial charge in [0, 0.05) is 29.8 Å². The van der Waals surface area contributed by atoms with Crippen LogP contribution in [0.1, 0.15) is 28.9 Å². The minimum Gasteiger partial charge on any atom is -0.496 e. The highest BCUT2D eigenvalue weighted by Crippen LogP contribution is 2.26. The molecule has 10 nitrogen and oxygen atoms in total. The molecule has 1 saturated heterocycles. The molecule has 1 aliphatic heterocycles. The van der Waals surface area contributed by atoms with E-state index in [1.165, 1.54) is 0 Å². The van der Waals surface area contributed by atoms with Gasteiger partial charge in [-0.2, -0.15) is 0 Å². The van der Waals surface area contributed by atoms with Gasteiger partial charge in [0.1, 0.15) is 24.1 Å². The monoisotopic (exact) mass is 506 g/mol. The largest absolute Gasteiger partial charge is 0.496 e. The molecule has 3 amide bonds. The Morgan fingerprint density at radius 3 is 2.54 bits per heavy atom. The van der Waals surface area contributed by atoms with E-state index >= 15 is 0 Å². The number of H-pyrrole nitrogens is 1. The topological polar surface area (TPSA) is 150 Å². The van der Waals surface area contributed by atoms with Crippen molar-refractivity contribution in [3.8, 4) is 5.75 Å². The smallest absolute Gasteiger partial charge is 0.268 e. The molecule has 2 aromatic carbocycles. The highest BCUT2D eigenvalue weighted by molar-refractivity contribution is 6.02. The van der Waals surface area contributed by atoms with Gasteiger partial charge in [-0.3, -0.25) is 19.2 Å². The second-order valence-electron chi connectivity index (χ2n) is 9.02. The van der Waals surface area contributed by atoms with Crippen LogP contribution in [0.25, 0.3) is 10.9 Å². The zero-order valence-electron chi connectivity index (χ0n) is 20.5. The number of nitrogens with one attached hydrogen (secondary N) is 4. The molecule has 0 radical (unpaired) electrons. The van der Waals surface area contributed by atoms with Crippen LogP contribution < -0.4 is 20.7 Å². The first-order valence-corrected chi connectivity index (χ1v) is 12.1. The second kappa shape index (κ2) is 11.7. The number of fused-ring (bicyclic) bond motifs is 1. The second-order valence-corrected chi connectivity index (χ2v) is 9.02. The number of carbonyl (C=O) groups is 4. The molecule has 0 spiro atoms. The van der Waals surface area contributed by atoms with E-state index in [0.29, 0.717) is 24.2 Å². The molecule has 1 fully saturated rings. The Balaban J connectivity index is 1.55. The summed E-state index contributed by atoms with van der Waals surface area (Å²) < 4.78 is 5.36. The molecule has 0 saturated carbocycles. The van der Waals surface area contributed by atoms with Crippen LogP contribution in [0.4, 0.5) is 0 Å². The third-order valence-corrected chi connectivity index (χ3v) is 6.54. The zero-order chi connectivity index (χ0) is 26.4. The number of hydrogen-bond donors (Lipinski definition) is 5. The lowest BCUT2D eigenvalue weighted by atomic mass is 9.95. The molecule has 3 aromatic rings. The summed E-state index contributed by atoms with van der Waals surface area (Å²) in [6.07, 6.45) is 0.786. The third-order valence-electron chi connectivity index (χ3n) is 6.54. The Hall–Kier alpha value is -4.18. The van der Waals surface area contributed by atoms with Crippen LogP contribution >= 0.6 is 0 Å². The van der Waals surface area contributed by atoms with Crippen LogP contribution in [-0.4, -0.2) is 65.9 Å². The van der Waals surface area contributed by atoms with Gasteiger partial charge in [0.05, 0.1) is 13.2 Å². The fourth-order valence-corrected chi connectivity index (χ4v) is 4.53. The van der Waals surface area contributed by atoms with Crippen LogP contribution in [0.15, 0.2) is 54.6 Å².